The van der Waals surface area contributed by atoms with Gasteiger partial charge in [-0.2, -0.15) is 0 Å². The van der Waals surface area contributed by atoms with Gasteiger partial charge in [0.1, 0.15) is 0 Å². The molecule has 1 rings (SSSR count). The van der Waals surface area contributed by atoms with Gasteiger partial charge in [0.2, 0.25) is 0 Å². The van der Waals surface area contributed by atoms with Crippen LogP contribution < -0.4 is 5.32 Å². The zero-order chi connectivity index (χ0) is 10.9. The number of halogens is 1. The number of unbranched alkanes of at least 4 members (excludes halogenated alkanes) is 2. The maximum Gasteiger partial charge on any atom is 0.0410 e. The van der Waals surface area contributed by atoms with Crippen molar-refractivity contribution in [2.75, 3.05) is 6.54 Å². The summed E-state index contributed by atoms with van der Waals surface area (Å²) in [5.74, 6) is 2.64. The third-order valence-electron chi connectivity index (χ3n) is 2.02. The van der Waals surface area contributed by atoms with Crippen LogP contribution in [0.3, 0.4) is 0 Å². The molecule has 0 spiro atoms. The highest BCUT2D eigenvalue weighted by atomic mass is 79.9. The Kier molecular flexibility index (Phi) is 6.06. The molecule has 0 bridgehead atoms. The van der Waals surface area contributed by atoms with E-state index in [1.165, 1.54) is 5.56 Å². The molecule has 0 atom stereocenters. The van der Waals surface area contributed by atoms with Gasteiger partial charge in [-0.05, 0) is 46.9 Å². The van der Waals surface area contributed by atoms with Gasteiger partial charge in [-0.25, -0.2) is 0 Å². The van der Waals surface area contributed by atoms with Crippen molar-refractivity contribution in [3.63, 3.8) is 0 Å². The van der Waals surface area contributed by atoms with Crippen molar-refractivity contribution in [1.29, 1.82) is 0 Å². The number of rotatable bonds is 6. The first-order valence-electron chi connectivity index (χ1n) is 5.06. The number of nitrogens with one attached hydrogen (secondary N) is 1. The Balaban J connectivity index is 2.13. The van der Waals surface area contributed by atoms with E-state index in [0.29, 0.717) is 0 Å². The molecular weight excluding hydrogens is 252 g/mol. The smallest absolute Gasteiger partial charge is 0.0410 e. The molecule has 0 amide bonds. The zero-order valence-electron chi connectivity index (χ0n) is 8.67. The van der Waals surface area contributed by atoms with E-state index in [2.05, 4.69) is 38.2 Å². The number of terminal acetylenes is 1. The van der Waals surface area contributed by atoms with Crippen LogP contribution >= 0.6 is 15.9 Å². The zero-order valence-corrected chi connectivity index (χ0v) is 10.3. The Labute approximate surface area is 99.6 Å². The van der Waals surface area contributed by atoms with Gasteiger partial charge in [0.25, 0.3) is 0 Å². The molecule has 1 N–H and O–H groups in total. The number of hydrogen-bond donors (Lipinski definition) is 1. The Hall–Kier alpha value is -0.850. The van der Waals surface area contributed by atoms with E-state index < -0.39 is 0 Å². The number of hydrogen-bond acceptors (Lipinski definition) is 2. The summed E-state index contributed by atoms with van der Waals surface area (Å²) < 4.78 is 1.02. The van der Waals surface area contributed by atoms with Crippen LogP contribution in [0.5, 0.6) is 0 Å². The number of pyridine rings is 1. The second-order valence-electron chi connectivity index (χ2n) is 3.35. The SMILES string of the molecule is C#CCCCCNCc1cncc(Br)c1. The molecule has 0 aromatic carbocycles. The van der Waals surface area contributed by atoms with Crippen molar-refractivity contribution in [2.24, 2.45) is 0 Å². The fraction of sp³-hybridized carbons (Fsp3) is 0.417. The van der Waals surface area contributed by atoms with E-state index in [4.69, 9.17) is 6.42 Å². The molecule has 0 aliphatic heterocycles. The largest absolute Gasteiger partial charge is 0.313 e. The van der Waals surface area contributed by atoms with E-state index in [0.717, 1.165) is 36.8 Å². The highest BCUT2D eigenvalue weighted by Crippen LogP contribution is 2.09. The van der Waals surface area contributed by atoms with Crippen LogP contribution in [0.1, 0.15) is 24.8 Å². The molecule has 1 heterocycles. The molecule has 0 fully saturated rings. The minimum Gasteiger partial charge on any atom is -0.313 e. The lowest BCUT2D eigenvalue weighted by Crippen LogP contribution is -2.14. The van der Waals surface area contributed by atoms with E-state index in [1.54, 1.807) is 6.20 Å². The fourth-order valence-electron chi connectivity index (χ4n) is 1.26. The predicted molar refractivity (Wildman–Crippen MR) is 66.3 cm³/mol. The van der Waals surface area contributed by atoms with Crippen LogP contribution in [-0.2, 0) is 6.54 Å². The second kappa shape index (κ2) is 7.44. The number of nitrogens with zero attached hydrogens (tertiary/aromatic N) is 1. The first-order valence-corrected chi connectivity index (χ1v) is 5.86. The molecule has 3 heteroatoms. The highest BCUT2D eigenvalue weighted by Gasteiger charge is 1.94. The van der Waals surface area contributed by atoms with E-state index in [-0.39, 0.29) is 0 Å². The van der Waals surface area contributed by atoms with Gasteiger partial charge in [-0.1, -0.05) is 0 Å². The molecule has 2 nitrogen and oxygen atoms in total. The summed E-state index contributed by atoms with van der Waals surface area (Å²) >= 11 is 3.39. The Morgan fingerprint density at radius 3 is 3.00 bits per heavy atom. The van der Waals surface area contributed by atoms with Gasteiger partial charge in [0.05, 0.1) is 0 Å². The summed E-state index contributed by atoms with van der Waals surface area (Å²) in [5, 5.41) is 3.36. The van der Waals surface area contributed by atoms with Crippen molar-refractivity contribution < 1.29 is 0 Å². The molecule has 80 valence electrons. The lowest BCUT2D eigenvalue weighted by Gasteiger charge is -2.03. The lowest BCUT2D eigenvalue weighted by atomic mass is 10.2. The van der Waals surface area contributed by atoms with Gasteiger partial charge >= 0.3 is 0 Å². The molecule has 1 aromatic heterocycles. The molecule has 15 heavy (non-hydrogen) atoms. The molecule has 0 saturated carbocycles. The van der Waals surface area contributed by atoms with Gasteiger partial charge in [0.15, 0.2) is 0 Å². The van der Waals surface area contributed by atoms with Gasteiger partial charge in [0, 0.05) is 29.8 Å². The van der Waals surface area contributed by atoms with Crippen molar-refractivity contribution in [3.8, 4) is 12.3 Å². The molecule has 0 radical (unpaired) electrons. The van der Waals surface area contributed by atoms with Gasteiger partial charge in [-0.3, -0.25) is 4.98 Å². The summed E-state index contributed by atoms with van der Waals surface area (Å²) in [6, 6.07) is 2.07. The van der Waals surface area contributed by atoms with E-state index in [1.807, 2.05) is 6.20 Å². The van der Waals surface area contributed by atoms with E-state index in [9.17, 15) is 0 Å². The second-order valence-corrected chi connectivity index (χ2v) is 4.27. The van der Waals surface area contributed by atoms with Crippen molar-refractivity contribution >= 4 is 15.9 Å². The number of aromatic nitrogens is 1. The van der Waals surface area contributed by atoms with Crippen molar-refractivity contribution in [3.05, 3.63) is 28.5 Å². The predicted octanol–water partition coefficient (Wildman–Crippen LogP) is 2.74. The standard InChI is InChI=1S/C12H15BrN2/c1-2-3-4-5-6-14-8-11-7-12(13)10-15-9-11/h1,7,9-10,14H,3-6,8H2. The Morgan fingerprint density at radius 1 is 1.40 bits per heavy atom. The van der Waals surface area contributed by atoms with Gasteiger partial charge in [-0.15, -0.1) is 12.3 Å². The third-order valence-corrected chi connectivity index (χ3v) is 2.45. The maximum atomic E-state index is 5.17. The highest BCUT2D eigenvalue weighted by molar-refractivity contribution is 9.10. The van der Waals surface area contributed by atoms with E-state index >= 15 is 0 Å². The molecular formula is C12H15BrN2. The first kappa shape index (κ1) is 12.2. The van der Waals surface area contributed by atoms with Crippen molar-refractivity contribution in [2.45, 2.75) is 25.8 Å². The van der Waals surface area contributed by atoms with Gasteiger partial charge < -0.3 is 5.32 Å². The topological polar surface area (TPSA) is 24.9 Å². The molecule has 0 unspecified atom stereocenters. The van der Waals surface area contributed by atoms with Crippen LogP contribution in [0.2, 0.25) is 0 Å². The molecule has 0 aliphatic rings. The summed E-state index contributed by atoms with van der Waals surface area (Å²) in [4.78, 5) is 4.10. The Morgan fingerprint density at radius 2 is 2.27 bits per heavy atom. The summed E-state index contributed by atoms with van der Waals surface area (Å²) in [5.41, 5.74) is 1.20. The van der Waals surface area contributed by atoms with Crippen LogP contribution in [0.15, 0.2) is 22.9 Å². The molecule has 0 aliphatic carbocycles. The summed E-state index contributed by atoms with van der Waals surface area (Å²) in [6.07, 6.45) is 11.9. The summed E-state index contributed by atoms with van der Waals surface area (Å²) in [6.45, 7) is 1.87. The minimum atomic E-state index is 0.864. The average molecular weight is 267 g/mol. The van der Waals surface area contributed by atoms with Crippen LogP contribution in [0.4, 0.5) is 0 Å². The monoisotopic (exact) mass is 266 g/mol. The molecule has 0 saturated heterocycles. The first-order chi connectivity index (χ1) is 7.33. The van der Waals surface area contributed by atoms with Crippen LogP contribution in [0, 0.1) is 12.3 Å². The van der Waals surface area contributed by atoms with Crippen LogP contribution in [0.25, 0.3) is 0 Å². The summed E-state index contributed by atoms with van der Waals surface area (Å²) in [7, 11) is 0. The average Bonchev–Trinajstić information content (AvgIpc) is 2.23. The molecule has 1 aromatic rings. The normalized spacial score (nSPS) is 9.87. The lowest BCUT2D eigenvalue weighted by molar-refractivity contribution is 0.628. The Bertz CT molecular complexity index is 331. The van der Waals surface area contributed by atoms with Crippen molar-refractivity contribution in [1.82, 2.24) is 10.3 Å². The maximum absolute atomic E-state index is 5.17. The van der Waals surface area contributed by atoms with Crippen LogP contribution in [-0.4, -0.2) is 11.5 Å². The third kappa shape index (κ3) is 5.56. The quantitative estimate of drug-likeness (QED) is 0.633. The minimum absolute atomic E-state index is 0.864. The fourth-order valence-corrected chi connectivity index (χ4v) is 1.67.